The lowest BCUT2D eigenvalue weighted by Crippen LogP contribution is -2.43. The molecule has 1 saturated heterocycles. The van der Waals surface area contributed by atoms with Crippen LogP contribution >= 0.6 is 11.6 Å². The van der Waals surface area contributed by atoms with Gasteiger partial charge in [-0.25, -0.2) is 4.79 Å². The van der Waals surface area contributed by atoms with Gasteiger partial charge in [-0.2, -0.15) is 0 Å². The number of esters is 1. The average molecular weight is 343 g/mol. The number of methoxy groups -OCH3 is 1. The molecular weight excluding hydrogens is 320 g/mol. The Kier molecular flexibility index (Phi) is 6.65. The SMILES string of the molecule is COC(=O)c1cc(Cl)ccc1OC1CCN(C[C@@H](O)CN)CC1. The largest absolute Gasteiger partial charge is 0.489 e. The molecule has 6 nitrogen and oxygen atoms in total. The maximum Gasteiger partial charge on any atom is 0.341 e. The molecule has 1 heterocycles. The number of carbonyl (C=O) groups is 1. The Bertz CT molecular complexity index is 533. The number of ether oxygens (including phenoxy) is 2. The second kappa shape index (κ2) is 8.49. The van der Waals surface area contributed by atoms with Crippen molar-refractivity contribution in [2.75, 3.05) is 33.3 Å². The molecule has 2 rings (SSSR count). The first-order chi connectivity index (χ1) is 11.0. The summed E-state index contributed by atoms with van der Waals surface area (Å²) in [5.74, 6) is 0.0210. The lowest BCUT2D eigenvalue weighted by molar-refractivity contribution is 0.0554. The molecule has 0 saturated carbocycles. The van der Waals surface area contributed by atoms with Gasteiger partial charge in [-0.05, 0) is 31.0 Å². The molecule has 1 fully saturated rings. The quantitative estimate of drug-likeness (QED) is 0.758. The number of β-amino-alcohol motifs (C(OH)–C–C–N with tert-alkyl or cyclic N) is 1. The van der Waals surface area contributed by atoms with Crippen molar-refractivity contribution in [1.29, 1.82) is 0 Å². The predicted molar refractivity (Wildman–Crippen MR) is 87.9 cm³/mol. The molecule has 0 unspecified atom stereocenters. The maximum absolute atomic E-state index is 11.8. The Balaban J connectivity index is 1.95. The number of nitrogens with zero attached hydrogens (tertiary/aromatic N) is 1. The standard InChI is InChI=1S/C16H23ClN2O4/c1-22-16(21)14-8-11(17)2-3-15(14)23-13-4-6-19(7-5-13)10-12(20)9-18/h2-3,8,12-13,20H,4-7,9-10,18H2,1H3/t12-/m0/s1. The third-order valence-corrected chi connectivity index (χ3v) is 4.15. The molecule has 0 bridgehead atoms. The fourth-order valence-corrected chi connectivity index (χ4v) is 2.81. The van der Waals surface area contributed by atoms with E-state index in [1.54, 1.807) is 18.2 Å². The van der Waals surface area contributed by atoms with Gasteiger partial charge in [0.05, 0.1) is 13.2 Å². The summed E-state index contributed by atoms with van der Waals surface area (Å²) in [6, 6.07) is 4.94. The summed E-state index contributed by atoms with van der Waals surface area (Å²) < 4.78 is 10.7. The number of halogens is 1. The van der Waals surface area contributed by atoms with Gasteiger partial charge in [0.15, 0.2) is 0 Å². The summed E-state index contributed by atoms with van der Waals surface area (Å²) in [6.07, 6.45) is 1.17. The van der Waals surface area contributed by atoms with Crippen LogP contribution in [0.1, 0.15) is 23.2 Å². The monoisotopic (exact) mass is 342 g/mol. The van der Waals surface area contributed by atoms with Gasteiger partial charge in [0, 0.05) is 31.2 Å². The van der Waals surface area contributed by atoms with Gasteiger partial charge < -0.3 is 25.2 Å². The predicted octanol–water partition coefficient (Wildman–Crippen LogP) is 1.29. The molecule has 0 aromatic heterocycles. The van der Waals surface area contributed by atoms with E-state index in [1.807, 2.05) is 0 Å². The fraction of sp³-hybridized carbons (Fsp3) is 0.562. The minimum absolute atomic E-state index is 0.0193. The van der Waals surface area contributed by atoms with Gasteiger partial charge in [-0.3, -0.25) is 0 Å². The molecule has 1 aliphatic heterocycles. The molecule has 1 aromatic carbocycles. The van der Waals surface area contributed by atoms with Gasteiger partial charge in [0.2, 0.25) is 0 Å². The number of carbonyl (C=O) groups excluding carboxylic acids is 1. The highest BCUT2D eigenvalue weighted by atomic mass is 35.5. The van der Waals surface area contributed by atoms with E-state index in [9.17, 15) is 9.90 Å². The minimum Gasteiger partial charge on any atom is -0.489 e. The first-order valence-corrected chi connectivity index (χ1v) is 8.06. The highest BCUT2D eigenvalue weighted by molar-refractivity contribution is 6.31. The second-order valence-corrected chi connectivity index (χ2v) is 6.08. The smallest absolute Gasteiger partial charge is 0.341 e. The number of rotatable bonds is 6. The normalized spacial score (nSPS) is 17.7. The number of hydrogen-bond donors (Lipinski definition) is 2. The Morgan fingerprint density at radius 2 is 2.17 bits per heavy atom. The van der Waals surface area contributed by atoms with Crippen molar-refractivity contribution in [1.82, 2.24) is 4.90 Å². The molecule has 0 radical (unpaired) electrons. The summed E-state index contributed by atoms with van der Waals surface area (Å²) in [7, 11) is 1.33. The first-order valence-electron chi connectivity index (χ1n) is 7.68. The van der Waals surface area contributed by atoms with E-state index in [-0.39, 0.29) is 12.6 Å². The number of piperidine rings is 1. The zero-order valence-corrected chi connectivity index (χ0v) is 14.0. The van der Waals surface area contributed by atoms with Crippen molar-refractivity contribution < 1.29 is 19.4 Å². The van der Waals surface area contributed by atoms with E-state index in [4.69, 9.17) is 26.8 Å². The van der Waals surface area contributed by atoms with Crippen molar-refractivity contribution >= 4 is 17.6 Å². The van der Waals surface area contributed by atoms with Crippen LogP contribution in [0.4, 0.5) is 0 Å². The Labute approximate surface area is 141 Å². The highest BCUT2D eigenvalue weighted by Gasteiger charge is 2.24. The maximum atomic E-state index is 11.8. The summed E-state index contributed by atoms with van der Waals surface area (Å²) in [4.78, 5) is 14.0. The lowest BCUT2D eigenvalue weighted by Gasteiger charge is -2.33. The van der Waals surface area contributed by atoms with E-state index >= 15 is 0 Å². The van der Waals surface area contributed by atoms with Crippen LogP contribution < -0.4 is 10.5 Å². The molecule has 23 heavy (non-hydrogen) atoms. The van der Waals surface area contributed by atoms with E-state index in [0.717, 1.165) is 25.9 Å². The summed E-state index contributed by atoms with van der Waals surface area (Å²) in [5.41, 5.74) is 5.77. The van der Waals surface area contributed by atoms with Crippen LogP contribution in [-0.2, 0) is 4.74 Å². The fourth-order valence-electron chi connectivity index (χ4n) is 2.64. The molecule has 7 heteroatoms. The lowest BCUT2D eigenvalue weighted by atomic mass is 10.1. The minimum atomic E-state index is -0.491. The third-order valence-electron chi connectivity index (χ3n) is 3.92. The Morgan fingerprint density at radius 1 is 1.48 bits per heavy atom. The second-order valence-electron chi connectivity index (χ2n) is 5.64. The van der Waals surface area contributed by atoms with E-state index in [1.165, 1.54) is 7.11 Å². The highest BCUT2D eigenvalue weighted by Crippen LogP contribution is 2.27. The van der Waals surface area contributed by atoms with Gasteiger partial charge in [0.25, 0.3) is 0 Å². The first kappa shape index (κ1) is 18.0. The van der Waals surface area contributed by atoms with Crippen molar-refractivity contribution in [3.8, 4) is 5.75 Å². The van der Waals surface area contributed by atoms with Crippen molar-refractivity contribution in [2.45, 2.75) is 25.0 Å². The number of likely N-dealkylation sites (tertiary alicyclic amines) is 1. The van der Waals surface area contributed by atoms with Crippen molar-refractivity contribution in [3.05, 3.63) is 28.8 Å². The number of benzene rings is 1. The third kappa shape index (κ3) is 5.07. The van der Waals surface area contributed by atoms with Gasteiger partial charge in [0.1, 0.15) is 17.4 Å². The Hall–Kier alpha value is -1.34. The summed E-state index contributed by atoms with van der Waals surface area (Å²) >= 11 is 5.94. The molecule has 1 atom stereocenters. The molecule has 0 amide bonds. The van der Waals surface area contributed by atoms with Crippen molar-refractivity contribution in [2.24, 2.45) is 5.73 Å². The topological polar surface area (TPSA) is 85.0 Å². The van der Waals surface area contributed by atoms with Crippen LogP contribution in [0.15, 0.2) is 18.2 Å². The molecule has 3 N–H and O–H groups in total. The number of nitrogens with two attached hydrogens (primary N) is 1. The van der Waals surface area contributed by atoms with Crippen LogP contribution in [-0.4, -0.2) is 61.5 Å². The Morgan fingerprint density at radius 3 is 2.78 bits per heavy atom. The van der Waals surface area contributed by atoms with E-state index in [2.05, 4.69) is 4.90 Å². The molecule has 1 aromatic rings. The number of hydrogen-bond acceptors (Lipinski definition) is 6. The zero-order valence-electron chi connectivity index (χ0n) is 13.2. The van der Waals surface area contributed by atoms with Crippen LogP contribution in [0, 0.1) is 0 Å². The van der Waals surface area contributed by atoms with Gasteiger partial charge >= 0.3 is 5.97 Å². The van der Waals surface area contributed by atoms with E-state index < -0.39 is 12.1 Å². The number of aliphatic hydroxyl groups is 1. The van der Waals surface area contributed by atoms with Crippen LogP contribution in [0.3, 0.4) is 0 Å². The van der Waals surface area contributed by atoms with E-state index in [0.29, 0.717) is 22.9 Å². The summed E-state index contributed by atoms with van der Waals surface area (Å²) in [6.45, 7) is 2.49. The molecule has 0 aliphatic carbocycles. The van der Waals surface area contributed by atoms with Gasteiger partial charge in [-0.1, -0.05) is 11.6 Å². The zero-order chi connectivity index (χ0) is 16.8. The molecule has 1 aliphatic rings. The van der Waals surface area contributed by atoms with Gasteiger partial charge in [-0.15, -0.1) is 0 Å². The van der Waals surface area contributed by atoms with Crippen LogP contribution in [0.25, 0.3) is 0 Å². The molecule has 0 spiro atoms. The molecule has 128 valence electrons. The summed E-state index contributed by atoms with van der Waals surface area (Å²) in [5, 5.41) is 10.1. The van der Waals surface area contributed by atoms with Crippen molar-refractivity contribution in [3.63, 3.8) is 0 Å². The molecular formula is C16H23ClN2O4. The van der Waals surface area contributed by atoms with Crippen LogP contribution in [0.5, 0.6) is 5.75 Å². The number of aliphatic hydroxyl groups excluding tert-OH is 1. The average Bonchev–Trinajstić information content (AvgIpc) is 2.57. The van der Waals surface area contributed by atoms with Crippen LogP contribution in [0.2, 0.25) is 5.02 Å².